The van der Waals surface area contributed by atoms with E-state index < -0.39 is 11.8 Å². The molecule has 34 heavy (non-hydrogen) atoms. The first-order chi connectivity index (χ1) is 16.4. The van der Waals surface area contributed by atoms with Gasteiger partial charge in [-0.05, 0) is 37.5 Å². The SMILES string of the molecule is Cc1ccc(-n2ncc(C(=O)N3CCN(C(=O)C(=O)N4CCOCC4)CC3)c2C2CC2)cc1Cl. The second kappa shape index (κ2) is 9.38. The van der Waals surface area contributed by atoms with Crippen molar-refractivity contribution in [3.05, 3.63) is 46.2 Å². The van der Waals surface area contributed by atoms with Crippen LogP contribution in [-0.4, -0.2) is 94.7 Å². The lowest BCUT2D eigenvalue weighted by Crippen LogP contribution is -2.55. The second-order valence-corrected chi connectivity index (χ2v) is 9.46. The van der Waals surface area contributed by atoms with Gasteiger partial charge in [-0.1, -0.05) is 17.7 Å². The lowest BCUT2D eigenvalue weighted by atomic mass is 10.1. The summed E-state index contributed by atoms with van der Waals surface area (Å²) in [5.41, 5.74) is 3.35. The maximum Gasteiger partial charge on any atom is 0.312 e. The molecule has 0 N–H and O–H groups in total. The highest BCUT2D eigenvalue weighted by molar-refractivity contribution is 6.35. The topological polar surface area (TPSA) is 88.0 Å². The van der Waals surface area contributed by atoms with Crippen molar-refractivity contribution in [3.8, 4) is 5.69 Å². The first-order valence-corrected chi connectivity index (χ1v) is 12.1. The average Bonchev–Trinajstić information content (AvgIpc) is 3.62. The molecular formula is C24H28ClN5O4. The summed E-state index contributed by atoms with van der Waals surface area (Å²) < 4.78 is 7.08. The van der Waals surface area contributed by atoms with Gasteiger partial charge in [0, 0.05) is 50.2 Å². The molecule has 0 spiro atoms. The van der Waals surface area contributed by atoms with E-state index in [9.17, 15) is 14.4 Å². The Labute approximate surface area is 203 Å². The number of aromatic nitrogens is 2. The zero-order valence-corrected chi connectivity index (χ0v) is 20.0. The highest BCUT2D eigenvalue weighted by Crippen LogP contribution is 2.43. The summed E-state index contributed by atoms with van der Waals surface area (Å²) in [5, 5.41) is 5.20. The van der Waals surface area contributed by atoms with Crippen LogP contribution in [0.4, 0.5) is 0 Å². The molecule has 9 nitrogen and oxygen atoms in total. The summed E-state index contributed by atoms with van der Waals surface area (Å²) in [4.78, 5) is 43.5. The van der Waals surface area contributed by atoms with Crippen LogP contribution >= 0.6 is 11.6 Å². The Balaban J connectivity index is 1.28. The molecule has 0 bridgehead atoms. The van der Waals surface area contributed by atoms with E-state index in [-0.39, 0.29) is 5.91 Å². The summed E-state index contributed by atoms with van der Waals surface area (Å²) in [7, 11) is 0. The third-order valence-electron chi connectivity index (χ3n) is 6.74. The summed E-state index contributed by atoms with van der Waals surface area (Å²) in [6, 6.07) is 5.79. The largest absolute Gasteiger partial charge is 0.378 e. The fraction of sp³-hybridized carbons (Fsp3) is 0.500. The summed E-state index contributed by atoms with van der Waals surface area (Å²) in [6.45, 7) is 5.15. The molecule has 1 aliphatic carbocycles. The Bertz CT molecular complexity index is 1110. The molecule has 3 aliphatic rings. The normalized spacial score (nSPS) is 18.8. The van der Waals surface area contributed by atoms with Gasteiger partial charge < -0.3 is 19.4 Å². The minimum atomic E-state index is -0.503. The molecule has 2 aliphatic heterocycles. The highest BCUT2D eigenvalue weighted by Gasteiger charge is 2.36. The number of piperazine rings is 1. The molecule has 2 saturated heterocycles. The molecule has 0 unspecified atom stereocenters. The van der Waals surface area contributed by atoms with Crippen LogP contribution in [-0.2, 0) is 14.3 Å². The molecule has 10 heteroatoms. The standard InChI is InChI=1S/C24H28ClN5O4/c1-16-2-5-18(14-20(16)25)30-21(17-3-4-17)19(15-26-30)22(31)27-6-8-28(9-7-27)23(32)24(33)29-10-12-34-13-11-29/h2,5,14-15,17H,3-4,6-13H2,1H3. The van der Waals surface area contributed by atoms with Crippen molar-refractivity contribution in [2.45, 2.75) is 25.7 Å². The maximum absolute atomic E-state index is 13.4. The minimum Gasteiger partial charge on any atom is -0.378 e. The quantitative estimate of drug-likeness (QED) is 0.619. The van der Waals surface area contributed by atoms with Crippen LogP contribution in [0.3, 0.4) is 0 Å². The van der Waals surface area contributed by atoms with Crippen molar-refractivity contribution >= 4 is 29.3 Å². The average molecular weight is 486 g/mol. The summed E-state index contributed by atoms with van der Waals surface area (Å²) >= 11 is 6.33. The van der Waals surface area contributed by atoms with Crippen LogP contribution in [0.5, 0.6) is 0 Å². The lowest BCUT2D eigenvalue weighted by molar-refractivity contribution is -0.154. The van der Waals surface area contributed by atoms with E-state index in [4.69, 9.17) is 16.3 Å². The molecule has 0 radical (unpaired) electrons. The van der Waals surface area contributed by atoms with Gasteiger partial charge in [0.15, 0.2) is 0 Å². The zero-order chi connectivity index (χ0) is 23.8. The number of carbonyl (C=O) groups excluding carboxylic acids is 3. The van der Waals surface area contributed by atoms with Crippen LogP contribution in [0.2, 0.25) is 5.02 Å². The Morgan fingerprint density at radius 1 is 0.941 bits per heavy atom. The summed E-state index contributed by atoms with van der Waals surface area (Å²) in [5.74, 6) is -0.776. The fourth-order valence-electron chi connectivity index (χ4n) is 4.51. The predicted molar refractivity (Wildman–Crippen MR) is 125 cm³/mol. The number of aryl methyl sites for hydroxylation is 1. The number of hydrogen-bond donors (Lipinski definition) is 0. The van der Waals surface area contributed by atoms with Crippen molar-refractivity contribution < 1.29 is 19.1 Å². The van der Waals surface area contributed by atoms with Gasteiger partial charge in [-0.25, -0.2) is 4.68 Å². The molecule has 3 heterocycles. The fourth-order valence-corrected chi connectivity index (χ4v) is 4.69. The number of amides is 3. The van der Waals surface area contributed by atoms with Gasteiger partial charge in [0.25, 0.3) is 5.91 Å². The van der Waals surface area contributed by atoms with E-state index in [2.05, 4.69) is 5.10 Å². The number of benzene rings is 1. The second-order valence-electron chi connectivity index (χ2n) is 9.05. The van der Waals surface area contributed by atoms with E-state index in [1.54, 1.807) is 16.0 Å². The molecule has 1 aromatic carbocycles. The van der Waals surface area contributed by atoms with Crippen molar-refractivity contribution in [1.82, 2.24) is 24.5 Å². The number of carbonyl (C=O) groups is 3. The van der Waals surface area contributed by atoms with Gasteiger partial charge in [0.1, 0.15) is 0 Å². The highest BCUT2D eigenvalue weighted by atomic mass is 35.5. The van der Waals surface area contributed by atoms with Gasteiger partial charge >= 0.3 is 11.8 Å². The van der Waals surface area contributed by atoms with Gasteiger partial charge in [-0.2, -0.15) is 5.10 Å². The number of halogens is 1. The van der Waals surface area contributed by atoms with Gasteiger partial charge in [-0.15, -0.1) is 0 Å². The zero-order valence-electron chi connectivity index (χ0n) is 19.2. The van der Waals surface area contributed by atoms with Crippen LogP contribution in [0.1, 0.15) is 40.4 Å². The van der Waals surface area contributed by atoms with Crippen molar-refractivity contribution in [3.63, 3.8) is 0 Å². The van der Waals surface area contributed by atoms with Crippen molar-refractivity contribution in [2.24, 2.45) is 0 Å². The van der Waals surface area contributed by atoms with Crippen LogP contribution < -0.4 is 0 Å². The first-order valence-electron chi connectivity index (χ1n) is 11.7. The Hall–Kier alpha value is -2.91. The minimum absolute atomic E-state index is 0.0852. The third-order valence-corrected chi connectivity index (χ3v) is 7.14. The maximum atomic E-state index is 13.4. The molecule has 1 saturated carbocycles. The number of ether oxygens (including phenoxy) is 1. The Morgan fingerprint density at radius 3 is 2.18 bits per heavy atom. The molecule has 180 valence electrons. The van der Waals surface area contributed by atoms with Crippen LogP contribution in [0.15, 0.2) is 24.4 Å². The molecule has 0 atom stereocenters. The molecule has 5 rings (SSSR count). The molecular weight excluding hydrogens is 458 g/mol. The van der Waals surface area contributed by atoms with Crippen LogP contribution in [0, 0.1) is 6.92 Å². The number of hydrogen-bond acceptors (Lipinski definition) is 5. The van der Waals surface area contributed by atoms with E-state index in [1.165, 1.54) is 4.90 Å². The monoisotopic (exact) mass is 485 g/mol. The number of nitrogens with zero attached hydrogens (tertiary/aromatic N) is 5. The lowest BCUT2D eigenvalue weighted by Gasteiger charge is -2.35. The number of rotatable bonds is 3. The van der Waals surface area contributed by atoms with Crippen molar-refractivity contribution in [2.75, 3.05) is 52.5 Å². The molecule has 3 amide bonds. The summed E-state index contributed by atoms with van der Waals surface area (Å²) in [6.07, 6.45) is 3.69. The van der Waals surface area contributed by atoms with E-state index in [0.717, 1.165) is 29.8 Å². The Kier molecular flexibility index (Phi) is 6.31. The first kappa shape index (κ1) is 22.9. The van der Waals surface area contributed by atoms with Crippen LogP contribution in [0.25, 0.3) is 5.69 Å². The number of morpholine rings is 1. The Morgan fingerprint density at radius 2 is 1.56 bits per heavy atom. The molecule has 1 aromatic heterocycles. The third kappa shape index (κ3) is 4.42. The van der Waals surface area contributed by atoms with E-state index in [0.29, 0.717) is 69.0 Å². The van der Waals surface area contributed by atoms with E-state index >= 15 is 0 Å². The van der Waals surface area contributed by atoms with Crippen molar-refractivity contribution in [1.29, 1.82) is 0 Å². The van der Waals surface area contributed by atoms with Gasteiger partial charge in [0.05, 0.1) is 36.4 Å². The molecule has 3 fully saturated rings. The van der Waals surface area contributed by atoms with Gasteiger partial charge in [0.2, 0.25) is 0 Å². The molecule has 2 aromatic rings. The van der Waals surface area contributed by atoms with Gasteiger partial charge in [-0.3, -0.25) is 14.4 Å². The van der Waals surface area contributed by atoms with E-state index in [1.807, 2.05) is 29.8 Å². The predicted octanol–water partition coefficient (Wildman–Crippen LogP) is 1.85. The smallest absolute Gasteiger partial charge is 0.312 e.